The first kappa shape index (κ1) is 15.3. The molecule has 2 aromatic rings. The Hall–Kier alpha value is -2.08. The highest BCUT2D eigenvalue weighted by atomic mass is 32.1. The lowest BCUT2D eigenvalue weighted by Gasteiger charge is -2.14. The van der Waals surface area contributed by atoms with E-state index in [1.54, 1.807) is 11.9 Å². The summed E-state index contributed by atoms with van der Waals surface area (Å²) in [5.74, 6) is -0.423. The number of thiophene rings is 1. The van der Waals surface area contributed by atoms with Gasteiger partial charge in [-0.05, 0) is 19.4 Å². The average molecular weight is 305 g/mol. The Labute approximate surface area is 127 Å². The third-order valence-corrected chi connectivity index (χ3v) is 4.81. The van der Waals surface area contributed by atoms with E-state index in [0.717, 1.165) is 15.6 Å². The monoisotopic (exact) mass is 305 g/mol. The number of nitrogens with one attached hydrogen (secondary N) is 1. The van der Waals surface area contributed by atoms with Crippen LogP contribution in [0.25, 0.3) is 10.1 Å². The van der Waals surface area contributed by atoms with Crippen molar-refractivity contribution in [1.82, 2.24) is 10.2 Å². The molecule has 2 rings (SSSR count). The second-order valence-corrected chi connectivity index (χ2v) is 5.91. The minimum absolute atomic E-state index is 0.0180. The predicted molar refractivity (Wildman–Crippen MR) is 86.6 cm³/mol. The van der Waals surface area contributed by atoms with E-state index in [0.29, 0.717) is 17.1 Å². The van der Waals surface area contributed by atoms with Gasteiger partial charge in [0.1, 0.15) is 4.88 Å². The zero-order valence-corrected chi connectivity index (χ0v) is 13.2. The number of carbonyl (C=O) groups excluding carboxylic acids is 2. The van der Waals surface area contributed by atoms with Gasteiger partial charge >= 0.3 is 0 Å². The molecule has 6 heteroatoms. The molecule has 0 aliphatic rings. The molecule has 0 saturated heterocycles. The first-order chi connectivity index (χ1) is 9.95. The van der Waals surface area contributed by atoms with Crippen molar-refractivity contribution in [3.63, 3.8) is 0 Å². The van der Waals surface area contributed by atoms with E-state index in [4.69, 9.17) is 5.73 Å². The largest absolute Gasteiger partial charge is 0.397 e. The number of nitrogens with two attached hydrogens (primary N) is 1. The topological polar surface area (TPSA) is 75.4 Å². The highest BCUT2D eigenvalue weighted by Gasteiger charge is 2.18. The van der Waals surface area contributed by atoms with Gasteiger partial charge in [-0.1, -0.05) is 18.2 Å². The molecule has 0 aliphatic carbocycles. The van der Waals surface area contributed by atoms with Crippen LogP contribution < -0.4 is 11.1 Å². The van der Waals surface area contributed by atoms with Crippen LogP contribution in [0.1, 0.15) is 22.2 Å². The maximum Gasteiger partial charge on any atom is 0.263 e. The van der Waals surface area contributed by atoms with Crippen molar-refractivity contribution in [2.24, 2.45) is 0 Å². The normalized spacial score (nSPS) is 10.6. The van der Waals surface area contributed by atoms with E-state index in [-0.39, 0.29) is 18.4 Å². The quantitative estimate of drug-likeness (QED) is 0.907. The Morgan fingerprint density at radius 1 is 1.38 bits per heavy atom. The van der Waals surface area contributed by atoms with Crippen LogP contribution >= 0.6 is 11.3 Å². The van der Waals surface area contributed by atoms with Crippen LogP contribution in [0.4, 0.5) is 5.69 Å². The molecule has 0 unspecified atom stereocenters. The lowest BCUT2D eigenvalue weighted by atomic mass is 10.1. The van der Waals surface area contributed by atoms with E-state index >= 15 is 0 Å². The fourth-order valence-electron chi connectivity index (χ4n) is 2.00. The molecule has 0 bridgehead atoms. The summed E-state index contributed by atoms with van der Waals surface area (Å²) in [6, 6.07) is 5.81. The second-order valence-electron chi connectivity index (χ2n) is 4.89. The lowest BCUT2D eigenvalue weighted by molar-refractivity contribution is -0.128. The molecule has 0 radical (unpaired) electrons. The minimum Gasteiger partial charge on any atom is -0.397 e. The number of nitrogen functional groups attached to an aromatic ring is 1. The summed E-state index contributed by atoms with van der Waals surface area (Å²) in [4.78, 5) is 25.9. The van der Waals surface area contributed by atoms with Crippen molar-refractivity contribution in [2.75, 3.05) is 25.9 Å². The van der Waals surface area contributed by atoms with Gasteiger partial charge in [0.15, 0.2) is 0 Å². The molecule has 0 atom stereocenters. The van der Waals surface area contributed by atoms with Crippen molar-refractivity contribution in [1.29, 1.82) is 0 Å². The fourth-order valence-corrected chi connectivity index (χ4v) is 3.10. The SMILES string of the molecule is CCN(C)C(=O)CNC(=O)c1sc2c(C)cccc2c1N. The third-order valence-electron chi connectivity index (χ3n) is 3.46. The molecule has 0 saturated carbocycles. The summed E-state index contributed by atoms with van der Waals surface area (Å²) in [6.07, 6.45) is 0. The number of anilines is 1. The van der Waals surface area contributed by atoms with Crippen molar-refractivity contribution >= 4 is 38.9 Å². The summed E-state index contributed by atoms with van der Waals surface area (Å²) in [7, 11) is 1.70. The maximum atomic E-state index is 12.2. The van der Waals surface area contributed by atoms with Crippen LogP contribution in [0.3, 0.4) is 0 Å². The summed E-state index contributed by atoms with van der Waals surface area (Å²) in [5.41, 5.74) is 7.62. The Balaban J connectivity index is 2.19. The van der Waals surface area contributed by atoms with Gasteiger partial charge in [0.2, 0.25) is 5.91 Å². The Morgan fingerprint density at radius 3 is 2.71 bits per heavy atom. The van der Waals surface area contributed by atoms with Gasteiger partial charge in [-0.2, -0.15) is 0 Å². The molecule has 112 valence electrons. The van der Waals surface area contributed by atoms with Gasteiger partial charge < -0.3 is 16.0 Å². The van der Waals surface area contributed by atoms with Gasteiger partial charge in [0, 0.05) is 23.7 Å². The minimum atomic E-state index is -0.300. The summed E-state index contributed by atoms with van der Waals surface area (Å²) < 4.78 is 1.01. The average Bonchev–Trinajstić information content (AvgIpc) is 2.82. The summed E-state index contributed by atoms with van der Waals surface area (Å²) in [6.45, 7) is 4.46. The number of hydrogen-bond acceptors (Lipinski definition) is 4. The van der Waals surface area contributed by atoms with Crippen LogP contribution in [-0.4, -0.2) is 36.9 Å². The molecule has 0 spiro atoms. The molecule has 3 N–H and O–H groups in total. The van der Waals surface area contributed by atoms with Crippen LogP contribution in [0.15, 0.2) is 18.2 Å². The number of nitrogens with zero attached hydrogens (tertiary/aromatic N) is 1. The number of fused-ring (bicyclic) bond motifs is 1. The molecular formula is C15H19N3O2S. The number of benzene rings is 1. The standard InChI is InChI=1S/C15H19N3O2S/c1-4-18(3)11(19)8-17-15(20)14-12(16)10-7-5-6-9(2)13(10)21-14/h5-7H,4,8,16H2,1-3H3,(H,17,20). The van der Waals surface area contributed by atoms with Gasteiger partial charge in [0.25, 0.3) is 5.91 Å². The number of aryl methyl sites for hydroxylation is 1. The van der Waals surface area contributed by atoms with Gasteiger partial charge in [-0.3, -0.25) is 9.59 Å². The Morgan fingerprint density at radius 2 is 2.10 bits per heavy atom. The van der Waals surface area contributed by atoms with Gasteiger partial charge in [-0.25, -0.2) is 0 Å². The fraction of sp³-hybridized carbons (Fsp3) is 0.333. The second kappa shape index (κ2) is 6.13. The molecule has 1 heterocycles. The third kappa shape index (κ3) is 3.00. The van der Waals surface area contributed by atoms with Crippen LogP contribution in [0.2, 0.25) is 0 Å². The van der Waals surface area contributed by atoms with Crippen molar-refractivity contribution < 1.29 is 9.59 Å². The van der Waals surface area contributed by atoms with Crippen LogP contribution in [0, 0.1) is 6.92 Å². The first-order valence-electron chi connectivity index (χ1n) is 6.75. The van der Waals surface area contributed by atoms with E-state index in [9.17, 15) is 9.59 Å². The van der Waals surface area contributed by atoms with E-state index in [1.807, 2.05) is 32.0 Å². The molecule has 1 aromatic heterocycles. The molecule has 0 fully saturated rings. The van der Waals surface area contributed by atoms with Crippen molar-refractivity contribution in [2.45, 2.75) is 13.8 Å². The summed E-state index contributed by atoms with van der Waals surface area (Å²) in [5, 5.41) is 3.53. The number of amides is 2. The zero-order chi connectivity index (χ0) is 15.6. The lowest BCUT2D eigenvalue weighted by Crippen LogP contribution is -2.37. The number of hydrogen-bond donors (Lipinski definition) is 2. The number of likely N-dealkylation sites (N-methyl/N-ethyl adjacent to an activating group) is 1. The first-order valence-corrected chi connectivity index (χ1v) is 7.57. The zero-order valence-electron chi connectivity index (χ0n) is 12.4. The summed E-state index contributed by atoms with van der Waals surface area (Å²) >= 11 is 1.36. The van der Waals surface area contributed by atoms with Crippen LogP contribution in [-0.2, 0) is 4.79 Å². The number of rotatable bonds is 4. The Kier molecular flexibility index (Phi) is 4.47. The molecule has 0 aliphatic heterocycles. The molecule has 1 aromatic carbocycles. The predicted octanol–water partition coefficient (Wildman–Crippen LogP) is 2.00. The highest BCUT2D eigenvalue weighted by molar-refractivity contribution is 7.21. The molecule has 2 amide bonds. The van der Waals surface area contributed by atoms with Crippen LogP contribution in [0.5, 0.6) is 0 Å². The highest BCUT2D eigenvalue weighted by Crippen LogP contribution is 2.35. The van der Waals surface area contributed by atoms with Gasteiger partial charge in [0.05, 0.1) is 12.2 Å². The Bertz CT molecular complexity index is 694. The van der Waals surface area contributed by atoms with Crippen molar-refractivity contribution in [3.8, 4) is 0 Å². The van der Waals surface area contributed by atoms with Gasteiger partial charge in [-0.15, -0.1) is 11.3 Å². The number of carbonyl (C=O) groups is 2. The van der Waals surface area contributed by atoms with Crippen molar-refractivity contribution in [3.05, 3.63) is 28.6 Å². The molecule has 21 heavy (non-hydrogen) atoms. The molecular weight excluding hydrogens is 286 g/mol. The van der Waals surface area contributed by atoms with E-state index in [1.165, 1.54) is 11.3 Å². The maximum absolute atomic E-state index is 12.2. The van der Waals surface area contributed by atoms with E-state index < -0.39 is 0 Å². The van der Waals surface area contributed by atoms with E-state index in [2.05, 4.69) is 5.32 Å². The smallest absolute Gasteiger partial charge is 0.263 e. The molecule has 5 nitrogen and oxygen atoms in total.